The molecule has 0 heterocycles. The summed E-state index contributed by atoms with van der Waals surface area (Å²) < 4.78 is 5.38. The lowest BCUT2D eigenvalue weighted by atomic mass is 9.99. The Hall–Kier alpha value is -1.06. The summed E-state index contributed by atoms with van der Waals surface area (Å²) in [6.07, 6.45) is 0. The molecule has 0 atom stereocenters. The Kier molecular flexibility index (Phi) is 5.17. The van der Waals surface area contributed by atoms with Gasteiger partial charge in [0.25, 0.3) is 0 Å². The number of ether oxygens (including phenoxy) is 1. The zero-order valence-corrected chi connectivity index (χ0v) is 12.2. The zero-order valence-electron chi connectivity index (χ0n) is 12.2. The Morgan fingerprint density at radius 2 is 2.00 bits per heavy atom. The average molecular weight is 250 g/mol. The number of rotatable bonds is 6. The lowest BCUT2D eigenvalue weighted by molar-refractivity contribution is 0.407. The van der Waals surface area contributed by atoms with Crippen LogP contribution in [-0.4, -0.2) is 19.2 Å². The average Bonchev–Trinajstić information content (AvgIpc) is 2.27. The first kappa shape index (κ1) is 15.0. The first-order chi connectivity index (χ1) is 8.33. The van der Waals surface area contributed by atoms with E-state index in [9.17, 15) is 0 Å². The Labute approximate surface area is 111 Å². The molecule has 18 heavy (non-hydrogen) atoms. The van der Waals surface area contributed by atoms with E-state index in [1.165, 1.54) is 11.1 Å². The second-order valence-electron chi connectivity index (χ2n) is 5.82. The number of hydrogen-bond acceptors (Lipinski definition) is 3. The van der Waals surface area contributed by atoms with Crippen molar-refractivity contribution in [1.82, 2.24) is 5.32 Å². The first-order valence-corrected chi connectivity index (χ1v) is 6.50. The molecule has 3 heteroatoms. The number of nitrogens with two attached hydrogens (primary N) is 1. The highest BCUT2D eigenvalue weighted by Gasteiger charge is 2.11. The highest BCUT2D eigenvalue weighted by atomic mass is 16.5. The summed E-state index contributed by atoms with van der Waals surface area (Å²) in [4.78, 5) is 0. The van der Waals surface area contributed by atoms with E-state index in [2.05, 4.69) is 31.3 Å². The van der Waals surface area contributed by atoms with Gasteiger partial charge in [-0.25, -0.2) is 0 Å². The van der Waals surface area contributed by atoms with Crippen LogP contribution in [0.3, 0.4) is 0 Å². The monoisotopic (exact) mass is 250 g/mol. The van der Waals surface area contributed by atoms with E-state index in [0.717, 1.165) is 18.8 Å². The maximum atomic E-state index is 5.94. The van der Waals surface area contributed by atoms with Gasteiger partial charge in [0.05, 0.1) is 7.11 Å². The fourth-order valence-corrected chi connectivity index (χ4v) is 1.87. The van der Waals surface area contributed by atoms with Crippen molar-refractivity contribution >= 4 is 0 Å². The number of hydrogen-bond donors (Lipinski definition) is 2. The molecule has 0 aliphatic heterocycles. The summed E-state index contributed by atoms with van der Waals surface area (Å²) in [5, 5.41) is 3.38. The van der Waals surface area contributed by atoms with Gasteiger partial charge in [-0.2, -0.15) is 0 Å². The van der Waals surface area contributed by atoms with Gasteiger partial charge >= 0.3 is 0 Å². The summed E-state index contributed by atoms with van der Waals surface area (Å²) in [6.45, 7) is 10.0. The molecule has 1 aromatic carbocycles. The van der Waals surface area contributed by atoms with Gasteiger partial charge < -0.3 is 15.8 Å². The van der Waals surface area contributed by atoms with Gasteiger partial charge in [-0.1, -0.05) is 26.0 Å². The van der Waals surface area contributed by atoms with E-state index in [4.69, 9.17) is 10.5 Å². The van der Waals surface area contributed by atoms with E-state index in [-0.39, 0.29) is 5.54 Å². The summed E-state index contributed by atoms with van der Waals surface area (Å²) in [5.41, 5.74) is 8.29. The summed E-state index contributed by atoms with van der Waals surface area (Å²) in [5.74, 6) is 1.43. The third-order valence-corrected chi connectivity index (χ3v) is 2.83. The van der Waals surface area contributed by atoms with Crippen LogP contribution in [0.15, 0.2) is 18.2 Å². The maximum Gasteiger partial charge on any atom is 0.122 e. The van der Waals surface area contributed by atoms with Crippen LogP contribution >= 0.6 is 0 Å². The Balaban J connectivity index is 2.70. The molecule has 1 aromatic rings. The largest absolute Gasteiger partial charge is 0.496 e. The van der Waals surface area contributed by atoms with Crippen LogP contribution in [0.4, 0.5) is 0 Å². The van der Waals surface area contributed by atoms with Crippen molar-refractivity contribution in [2.24, 2.45) is 5.73 Å². The minimum atomic E-state index is -0.173. The fraction of sp³-hybridized carbons (Fsp3) is 0.600. The molecule has 0 spiro atoms. The lowest BCUT2D eigenvalue weighted by Gasteiger charge is -2.19. The molecule has 0 fully saturated rings. The SMILES string of the molecule is COc1ccc(CNCC(C)(C)N)cc1C(C)C. The molecule has 3 N–H and O–H groups in total. The second-order valence-corrected chi connectivity index (χ2v) is 5.82. The van der Waals surface area contributed by atoms with Gasteiger partial charge in [0.2, 0.25) is 0 Å². The Bertz CT molecular complexity index is 381. The summed E-state index contributed by atoms with van der Waals surface area (Å²) in [6, 6.07) is 6.35. The standard InChI is InChI=1S/C15H26N2O/c1-11(2)13-8-12(6-7-14(13)18-5)9-17-10-15(3,4)16/h6-8,11,17H,9-10,16H2,1-5H3. The van der Waals surface area contributed by atoms with E-state index in [1.54, 1.807) is 7.11 Å². The van der Waals surface area contributed by atoms with E-state index in [0.29, 0.717) is 5.92 Å². The van der Waals surface area contributed by atoms with Crippen LogP contribution in [0.2, 0.25) is 0 Å². The third-order valence-electron chi connectivity index (χ3n) is 2.83. The Morgan fingerprint density at radius 3 is 2.50 bits per heavy atom. The summed E-state index contributed by atoms with van der Waals surface area (Å²) >= 11 is 0. The molecule has 0 unspecified atom stereocenters. The minimum Gasteiger partial charge on any atom is -0.496 e. The van der Waals surface area contributed by atoms with E-state index >= 15 is 0 Å². The zero-order chi connectivity index (χ0) is 13.8. The fourth-order valence-electron chi connectivity index (χ4n) is 1.87. The van der Waals surface area contributed by atoms with Crippen LogP contribution in [0.5, 0.6) is 5.75 Å². The van der Waals surface area contributed by atoms with Crippen molar-refractivity contribution in [3.63, 3.8) is 0 Å². The van der Waals surface area contributed by atoms with Gasteiger partial charge in [-0.3, -0.25) is 0 Å². The predicted molar refractivity (Wildman–Crippen MR) is 77.1 cm³/mol. The van der Waals surface area contributed by atoms with Crippen LogP contribution in [0.25, 0.3) is 0 Å². The molecule has 0 amide bonds. The predicted octanol–water partition coefficient (Wildman–Crippen LogP) is 2.65. The van der Waals surface area contributed by atoms with Gasteiger partial charge in [-0.15, -0.1) is 0 Å². The second kappa shape index (κ2) is 6.21. The maximum absolute atomic E-state index is 5.94. The molecule has 0 aromatic heterocycles. The molecule has 0 bridgehead atoms. The van der Waals surface area contributed by atoms with Crippen molar-refractivity contribution in [3.05, 3.63) is 29.3 Å². The van der Waals surface area contributed by atoms with Gasteiger partial charge in [0.1, 0.15) is 5.75 Å². The molecule has 1 rings (SSSR count). The van der Waals surface area contributed by atoms with Gasteiger partial charge in [0, 0.05) is 18.6 Å². The topological polar surface area (TPSA) is 47.3 Å². The van der Waals surface area contributed by atoms with E-state index in [1.807, 2.05) is 19.9 Å². The highest BCUT2D eigenvalue weighted by Crippen LogP contribution is 2.27. The molecule has 0 aliphatic rings. The molecule has 3 nitrogen and oxygen atoms in total. The van der Waals surface area contributed by atoms with Crippen LogP contribution in [-0.2, 0) is 6.54 Å². The van der Waals surface area contributed by atoms with Crippen LogP contribution in [0, 0.1) is 0 Å². The molecule has 0 saturated carbocycles. The van der Waals surface area contributed by atoms with Crippen LogP contribution < -0.4 is 15.8 Å². The number of benzene rings is 1. The first-order valence-electron chi connectivity index (χ1n) is 6.50. The smallest absolute Gasteiger partial charge is 0.122 e. The van der Waals surface area contributed by atoms with E-state index < -0.39 is 0 Å². The van der Waals surface area contributed by atoms with Crippen LogP contribution in [0.1, 0.15) is 44.7 Å². The Morgan fingerprint density at radius 1 is 1.33 bits per heavy atom. The van der Waals surface area contributed by atoms with Gasteiger partial charge in [-0.05, 0) is 37.0 Å². The molecule has 102 valence electrons. The quantitative estimate of drug-likeness (QED) is 0.816. The lowest BCUT2D eigenvalue weighted by Crippen LogP contribution is -2.42. The minimum absolute atomic E-state index is 0.173. The molecular weight excluding hydrogens is 224 g/mol. The number of methoxy groups -OCH3 is 1. The molecule has 0 saturated heterocycles. The molecule has 0 aliphatic carbocycles. The van der Waals surface area contributed by atoms with Crippen molar-refractivity contribution in [3.8, 4) is 5.75 Å². The highest BCUT2D eigenvalue weighted by molar-refractivity contribution is 5.39. The molecule has 0 radical (unpaired) electrons. The third kappa shape index (κ3) is 4.67. The van der Waals surface area contributed by atoms with Crippen molar-refractivity contribution < 1.29 is 4.74 Å². The van der Waals surface area contributed by atoms with Gasteiger partial charge in [0.15, 0.2) is 0 Å². The van der Waals surface area contributed by atoms with Crippen molar-refractivity contribution in [2.75, 3.05) is 13.7 Å². The van der Waals surface area contributed by atoms with Crippen molar-refractivity contribution in [1.29, 1.82) is 0 Å². The normalized spacial score (nSPS) is 11.9. The molecular formula is C15H26N2O. The summed E-state index contributed by atoms with van der Waals surface area (Å²) in [7, 11) is 1.72. The number of nitrogens with one attached hydrogen (secondary N) is 1. The van der Waals surface area contributed by atoms with Crippen molar-refractivity contribution in [2.45, 2.75) is 45.7 Å².